The number of hydrogen-bond donors (Lipinski definition) is 1. The first kappa shape index (κ1) is 21.4. The average Bonchev–Trinajstić information content (AvgIpc) is 2.99. The molecule has 1 aliphatic rings. The topological polar surface area (TPSA) is 71.6 Å². The normalized spacial score (nSPS) is 18.4. The van der Waals surface area contributed by atoms with Gasteiger partial charge in [-0.2, -0.15) is 0 Å². The molecule has 1 amide bonds. The third kappa shape index (κ3) is 3.19. The van der Waals surface area contributed by atoms with Crippen molar-refractivity contribution in [3.8, 4) is 11.1 Å². The zero-order valence-electron chi connectivity index (χ0n) is 16.5. The molecule has 4 rings (SSSR count). The van der Waals surface area contributed by atoms with Crippen LogP contribution in [-0.4, -0.2) is 28.8 Å². The van der Waals surface area contributed by atoms with E-state index in [0.29, 0.717) is 6.07 Å². The number of rotatable bonds is 4. The summed E-state index contributed by atoms with van der Waals surface area (Å²) in [5.41, 5.74) is 1.77. The molecule has 0 spiro atoms. The Morgan fingerprint density at radius 3 is 2.31 bits per heavy atom. The van der Waals surface area contributed by atoms with Crippen LogP contribution in [0.5, 0.6) is 0 Å². The van der Waals surface area contributed by atoms with Gasteiger partial charge in [-0.05, 0) is 29.8 Å². The number of benzene rings is 2. The van der Waals surface area contributed by atoms with Crippen LogP contribution in [0.15, 0.2) is 59.7 Å². The summed E-state index contributed by atoms with van der Waals surface area (Å²) in [5, 5.41) is 0. The highest BCUT2D eigenvalue weighted by atomic mass is 19.3. The number of amides is 1. The minimum Gasteiger partial charge on any atom is -0.369 e. The first-order valence-corrected chi connectivity index (χ1v) is 9.29. The predicted molar refractivity (Wildman–Crippen MR) is 106 cm³/mol. The molecule has 1 atom stereocenters. The van der Waals surface area contributed by atoms with E-state index in [9.17, 15) is 22.4 Å². The highest BCUT2D eigenvalue weighted by molar-refractivity contribution is 6.09. The lowest BCUT2D eigenvalue weighted by Gasteiger charge is -2.27. The molecule has 2 heterocycles. The summed E-state index contributed by atoms with van der Waals surface area (Å²) in [6.07, 6.45) is -1.95. The minimum absolute atomic E-state index is 0.148. The van der Waals surface area contributed by atoms with Crippen molar-refractivity contribution >= 4 is 11.9 Å². The quantitative estimate of drug-likeness (QED) is 0.613. The fourth-order valence-electron chi connectivity index (χ4n) is 3.67. The molecule has 0 radical (unpaired) electrons. The van der Waals surface area contributed by atoms with Gasteiger partial charge in [-0.1, -0.05) is 18.2 Å². The maximum atomic E-state index is 15.1. The lowest BCUT2D eigenvalue weighted by Crippen LogP contribution is -2.41. The van der Waals surface area contributed by atoms with Gasteiger partial charge in [0, 0.05) is 36.0 Å². The maximum Gasteiger partial charge on any atom is 0.280 e. The van der Waals surface area contributed by atoms with Gasteiger partial charge in [0.1, 0.15) is 23.1 Å². The molecule has 0 saturated heterocycles. The summed E-state index contributed by atoms with van der Waals surface area (Å²) in [7, 11) is 1.28. The Kier molecular flexibility index (Phi) is 5.15. The van der Waals surface area contributed by atoms with Crippen molar-refractivity contribution in [2.24, 2.45) is 10.7 Å². The second kappa shape index (κ2) is 7.70. The van der Waals surface area contributed by atoms with Crippen molar-refractivity contribution in [2.45, 2.75) is 12.0 Å². The third-order valence-corrected chi connectivity index (χ3v) is 5.27. The molecule has 0 aliphatic carbocycles. The van der Waals surface area contributed by atoms with E-state index in [0.717, 1.165) is 29.3 Å². The molecule has 1 unspecified atom stereocenters. The zero-order valence-corrected chi connectivity index (χ0v) is 16.5. The molecule has 0 fully saturated rings. The lowest BCUT2D eigenvalue weighted by atomic mass is 9.81. The van der Waals surface area contributed by atoms with Crippen LogP contribution in [0.4, 0.5) is 22.0 Å². The first-order valence-electron chi connectivity index (χ1n) is 9.29. The number of carbonyl (C=O) groups excluding carboxylic acids is 1. The predicted octanol–water partition coefficient (Wildman–Crippen LogP) is 4.13. The SMILES string of the molecule is CN1C(=O)C(c2ccnc(C(F)F)c2)(c2cc(-c3ccccc3F)c(F)cc2F)N=C1N. The Bertz CT molecular complexity index is 1260. The van der Waals surface area contributed by atoms with E-state index < -0.39 is 46.6 Å². The number of nitrogens with two attached hydrogens (primary N) is 1. The number of aliphatic imine (C=N–C) groups is 1. The maximum absolute atomic E-state index is 15.1. The highest BCUT2D eigenvalue weighted by Gasteiger charge is 2.51. The van der Waals surface area contributed by atoms with Crippen molar-refractivity contribution in [1.82, 2.24) is 9.88 Å². The number of nitrogens with zero attached hydrogens (tertiary/aromatic N) is 3. The lowest BCUT2D eigenvalue weighted by molar-refractivity contribution is -0.129. The number of pyridine rings is 1. The highest BCUT2D eigenvalue weighted by Crippen LogP contribution is 2.43. The van der Waals surface area contributed by atoms with Gasteiger partial charge < -0.3 is 5.73 Å². The van der Waals surface area contributed by atoms with Crippen molar-refractivity contribution in [3.05, 3.63) is 89.0 Å². The number of likely N-dealkylation sites (N-methyl/N-ethyl adjacent to an activating group) is 1. The van der Waals surface area contributed by atoms with E-state index in [4.69, 9.17) is 5.73 Å². The van der Waals surface area contributed by atoms with Crippen LogP contribution in [0.1, 0.15) is 23.2 Å². The Labute approximate surface area is 179 Å². The molecule has 2 aromatic carbocycles. The number of alkyl halides is 2. The van der Waals surface area contributed by atoms with Crippen LogP contribution in [0.25, 0.3) is 11.1 Å². The minimum atomic E-state index is -2.98. The number of hydrogen-bond acceptors (Lipinski definition) is 4. The molecule has 1 aliphatic heterocycles. The molecule has 32 heavy (non-hydrogen) atoms. The summed E-state index contributed by atoms with van der Waals surface area (Å²) in [5.74, 6) is -4.20. The number of halogens is 5. The third-order valence-electron chi connectivity index (χ3n) is 5.27. The summed E-state index contributed by atoms with van der Waals surface area (Å²) in [4.78, 5) is 21.9. The van der Waals surface area contributed by atoms with E-state index in [1.165, 1.54) is 31.3 Å². The van der Waals surface area contributed by atoms with E-state index in [-0.39, 0.29) is 22.6 Å². The van der Waals surface area contributed by atoms with Crippen LogP contribution in [-0.2, 0) is 10.3 Å². The van der Waals surface area contributed by atoms with Gasteiger partial charge in [0.15, 0.2) is 11.5 Å². The largest absolute Gasteiger partial charge is 0.369 e. The smallest absolute Gasteiger partial charge is 0.280 e. The first-order chi connectivity index (χ1) is 15.2. The molecular weight excluding hydrogens is 431 g/mol. The monoisotopic (exact) mass is 446 g/mol. The molecule has 3 aromatic rings. The van der Waals surface area contributed by atoms with Crippen LogP contribution in [0, 0.1) is 17.5 Å². The van der Waals surface area contributed by atoms with Gasteiger partial charge in [-0.3, -0.25) is 14.7 Å². The van der Waals surface area contributed by atoms with Gasteiger partial charge in [0.2, 0.25) is 0 Å². The summed E-state index contributed by atoms with van der Waals surface area (Å²) in [6.45, 7) is 0. The molecule has 0 bridgehead atoms. The fourth-order valence-corrected chi connectivity index (χ4v) is 3.67. The Morgan fingerprint density at radius 2 is 1.69 bits per heavy atom. The van der Waals surface area contributed by atoms with Crippen LogP contribution >= 0.6 is 0 Å². The van der Waals surface area contributed by atoms with E-state index in [1.807, 2.05) is 0 Å². The molecule has 0 saturated carbocycles. The zero-order chi connectivity index (χ0) is 23.2. The van der Waals surface area contributed by atoms with Gasteiger partial charge in [-0.25, -0.2) is 26.9 Å². The van der Waals surface area contributed by atoms with Crippen LogP contribution in [0.2, 0.25) is 0 Å². The van der Waals surface area contributed by atoms with Gasteiger partial charge in [-0.15, -0.1) is 0 Å². The Morgan fingerprint density at radius 1 is 0.969 bits per heavy atom. The van der Waals surface area contributed by atoms with Crippen LogP contribution < -0.4 is 5.73 Å². The van der Waals surface area contributed by atoms with Crippen molar-refractivity contribution < 1.29 is 26.7 Å². The summed E-state index contributed by atoms with van der Waals surface area (Å²) >= 11 is 0. The van der Waals surface area contributed by atoms with Crippen LogP contribution in [0.3, 0.4) is 0 Å². The molecule has 1 aromatic heterocycles. The standard InChI is InChI=1S/C22H15F5N4O/c1-31-20(32)22(30-21(31)28,11-6-7-29-18(8-11)19(26)27)14-9-13(16(24)10-17(14)25)12-4-2-3-5-15(12)23/h2-10,19H,1H3,(H2,28,30). The summed E-state index contributed by atoms with van der Waals surface area (Å²) < 4.78 is 70.7. The second-order valence-corrected chi connectivity index (χ2v) is 7.11. The van der Waals surface area contributed by atoms with E-state index in [2.05, 4.69) is 9.98 Å². The second-order valence-electron chi connectivity index (χ2n) is 7.11. The summed E-state index contributed by atoms with van der Waals surface area (Å²) in [6, 6.07) is 8.78. The average molecular weight is 446 g/mol. The van der Waals surface area contributed by atoms with E-state index >= 15 is 4.39 Å². The van der Waals surface area contributed by atoms with E-state index in [1.54, 1.807) is 0 Å². The fraction of sp³-hybridized carbons (Fsp3) is 0.136. The van der Waals surface area contributed by atoms with Crippen molar-refractivity contribution in [3.63, 3.8) is 0 Å². The molecule has 5 nitrogen and oxygen atoms in total. The number of carbonyl (C=O) groups is 1. The Balaban J connectivity index is 2.05. The van der Waals surface area contributed by atoms with Gasteiger partial charge in [0.25, 0.3) is 12.3 Å². The van der Waals surface area contributed by atoms with Gasteiger partial charge >= 0.3 is 0 Å². The number of guanidine groups is 1. The van der Waals surface area contributed by atoms with Crippen molar-refractivity contribution in [2.75, 3.05) is 7.05 Å². The van der Waals surface area contributed by atoms with Gasteiger partial charge in [0.05, 0.1) is 0 Å². The molecular formula is C22H15F5N4O. The van der Waals surface area contributed by atoms with Crippen molar-refractivity contribution in [1.29, 1.82) is 0 Å². The molecule has 164 valence electrons. The Hall–Kier alpha value is -3.82. The number of aromatic nitrogens is 1. The molecule has 10 heteroatoms. The molecule has 2 N–H and O–H groups in total.